The number of hydrogen-bond donors (Lipinski definition) is 2. The second-order valence-electron chi connectivity index (χ2n) is 3.39. The summed E-state index contributed by atoms with van der Waals surface area (Å²) in [6, 6.07) is 4.58. The third-order valence-electron chi connectivity index (χ3n) is 2.46. The van der Waals surface area contributed by atoms with Crippen molar-refractivity contribution < 1.29 is 0 Å². The molecular formula is C10H15N3. The van der Waals surface area contributed by atoms with Crippen LogP contribution in [0, 0.1) is 6.92 Å². The van der Waals surface area contributed by atoms with Gasteiger partial charge in [-0.25, -0.2) is 0 Å². The van der Waals surface area contributed by atoms with Crippen LogP contribution in [-0.2, 0) is 0 Å². The Kier molecular flexibility index (Phi) is 2.57. The van der Waals surface area contributed by atoms with Crippen molar-refractivity contribution in [2.24, 2.45) is 0 Å². The molecule has 3 nitrogen and oxygen atoms in total. The fraction of sp³-hybridized carbons (Fsp3) is 0.500. The maximum absolute atomic E-state index is 4.29. The molecule has 2 N–H and O–H groups in total. The van der Waals surface area contributed by atoms with Crippen LogP contribution in [0.2, 0.25) is 0 Å². The van der Waals surface area contributed by atoms with E-state index in [-0.39, 0.29) is 0 Å². The van der Waals surface area contributed by atoms with Crippen LogP contribution in [0.5, 0.6) is 0 Å². The number of hydrogen-bond acceptors (Lipinski definition) is 3. The molecule has 0 saturated carbocycles. The molecule has 3 heteroatoms. The second-order valence-corrected chi connectivity index (χ2v) is 3.39. The third-order valence-corrected chi connectivity index (χ3v) is 2.46. The molecule has 1 aromatic heterocycles. The molecule has 0 aromatic carbocycles. The summed E-state index contributed by atoms with van der Waals surface area (Å²) in [4.78, 5) is 4.29. The molecule has 0 radical (unpaired) electrons. The highest BCUT2D eigenvalue weighted by molar-refractivity contribution is 5.23. The summed E-state index contributed by atoms with van der Waals surface area (Å²) in [5.41, 5.74) is 2.44. The van der Waals surface area contributed by atoms with Gasteiger partial charge in [0.15, 0.2) is 0 Å². The molecule has 1 saturated heterocycles. The van der Waals surface area contributed by atoms with Crippen molar-refractivity contribution in [2.75, 3.05) is 19.6 Å². The second kappa shape index (κ2) is 3.85. The zero-order valence-electron chi connectivity index (χ0n) is 7.88. The molecule has 0 bridgehead atoms. The zero-order valence-corrected chi connectivity index (χ0v) is 7.88. The molecule has 2 heterocycles. The fourth-order valence-electron chi connectivity index (χ4n) is 1.74. The van der Waals surface area contributed by atoms with E-state index in [1.165, 1.54) is 5.56 Å². The largest absolute Gasteiger partial charge is 0.314 e. The maximum Gasteiger partial charge on any atom is 0.0465 e. The van der Waals surface area contributed by atoms with Gasteiger partial charge < -0.3 is 10.6 Å². The number of nitrogens with one attached hydrogen (secondary N) is 2. The molecule has 13 heavy (non-hydrogen) atoms. The molecule has 2 rings (SSSR count). The minimum Gasteiger partial charge on any atom is -0.314 e. The van der Waals surface area contributed by atoms with Crippen LogP contribution in [0.25, 0.3) is 0 Å². The van der Waals surface area contributed by atoms with Gasteiger partial charge in [0.05, 0.1) is 0 Å². The van der Waals surface area contributed by atoms with Crippen LogP contribution >= 0.6 is 0 Å². The van der Waals surface area contributed by atoms with Gasteiger partial charge in [-0.1, -0.05) is 6.07 Å². The highest BCUT2D eigenvalue weighted by atomic mass is 15.1. The van der Waals surface area contributed by atoms with E-state index in [9.17, 15) is 0 Å². The smallest absolute Gasteiger partial charge is 0.0465 e. The van der Waals surface area contributed by atoms with Gasteiger partial charge in [-0.3, -0.25) is 4.98 Å². The molecule has 0 amide bonds. The van der Waals surface area contributed by atoms with E-state index in [1.54, 1.807) is 0 Å². The van der Waals surface area contributed by atoms with E-state index in [4.69, 9.17) is 0 Å². The Labute approximate surface area is 78.6 Å². The molecule has 1 aromatic rings. The maximum atomic E-state index is 4.29. The van der Waals surface area contributed by atoms with Gasteiger partial charge in [0, 0.05) is 37.6 Å². The molecular weight excluding hydrogens is 162 g/mol. The van der Waals surface area contributed by atoms with Crippen LogP contribution in [-0.4, -0.2) is 24.6 Å². The topological polar surface area (TPSA) is 37.0 Å². The summed E-state index contributed by atoms with van der Waals surface area (Å²) in [5, 5.41) is 6.84. The lowest BCUT2D eigenvalue weighted by Crippen LogP contribution is -2.42. The number of pyridine rings is 1. The first-order valence-electron chi connectivity index (χ1n) is 4.73. The monoisotopic (exact) mass is 177 g/mol. The van der Waals surface area contributed by atoms with Crippen LogP contribution in [0.15, 0.2) is 18.3 Å². The first kappa shape index (κ1) is 8.66. The Morgan fingerprint density at radius 3 is 3.08 bits per heavy atom. The predicted molar refractivity (Wildman–Crippen MR) is 52.6 cm³/mol. The molecule has 0 unspecified atom stereocenters. The number of piperazine rings is 1. The van der Waals surface area contributed by atoms with Crippen molar-refractivity contribution in [3.8, 4) is 0 Å². The Balaban J connectivity index is 2.18. The molecule has 0 spiro atoms. The van der Waals surface area contributed by atoms with E-state index < -0.39 is 0 Å². The lowest BCUT2D eigenvalue weighted by Gasteiger charge is -2.25. The lowest BCUT2D eigenvalue weighted by molar-refractivity contribution is 0.428. The minimum absolute atomic E-state index is 0.433. The van der Waals surface area contributed by atoms with Crippen LogP contribution in [0.4, 0.5) is 0 Å². The molecule has 1 aliphatic heterocycles. The van der Waals surface area contributed by atoms with E-state index >= 15 is 0 Å². The molecule has 0 aliphatic carbocycles. The fourth-order valence-corrected chi connectivity index (χ4v) is 1.74. The van der Waals surface area contributed by atoms with E-state index in [0.29, 0.717) is 6.04 Å². The highest BCUT2D eigenvalue weighted by Crippen LogP contribution is 2.15. The third kappa shape index (κ3) is 1.87. The Morgan fingerprint density at radius 1 is 1.46 bits per heavy atom. The highest BCUT2D eigenvalue weighted by Gasteiger charge is 2.15. The van der Waals surface area contributed by atoms with Crippen LogP contribution in [0.1, 0.15) is 17.3 Å². The average molecular weight is 177 g/mol. The normalized spacial score (nSPS) is 23.0. The van der Waals surface area contributed by atoms with E-state index in [0.717, 1.165) is 25.3 Å². The van der Waals surface area contributed by atoms with Gasteiger partial charge in [-0.05, 0) is 18.6 Å². The summed E-state index contributed by atoms with van der Waals surface area (Å²) >= 11 is 0. The van der Waals surface area contributed by atoms with Gasteiger partial charge in [0.25, 0.3) is 0 Å². The predicted octanol–water partition coefficient (Wildman–Crippen LogP) is 0.624. The summed E-state index contributed by atoms with van der Waals surface area (Å²) in [6.45, 7) is 5.17. The van der Waals surface area contributed by atoms with Crippen molar-refractivity contribution in [1.29, 1.82) is 0 Å². The van der Waals surface area contributed by atoms with Crippen molar-refractivity contribution in [3.63, 3.8) is 0 Å². The standard InChI is InChI=1S/C10H15N3/c1-8-9(3-2-4-12-8)10-7-11-5-6-13-10/h2-4,10-11,13H,5-7H2,1H3/t10-/m1/s1. The van der Waals surface area contributed by atoms with Gasteiger partial charge >= 0.3 is 0 Å². The first-order valence-corrected chi connectivity index (χ1v) is 4.73. The van der Waals surface area contributed by atoms with Crippen molar-refractivity contribution in [1.82, 2.24) is 15.6 Å². The summed E-state index contributed by atoms with van der Waals surface area (Å²) in [7, 11) is 0. The van der Waals surface area contributed by atoms with E-state index in [2.05, 4.69) is 28.6 Å². The van der Waals surface area contributed by atoms with Crippen molar-refractivity contribution >= 4 is 0 Å². The Morgan fingerprint density at radius 2 is 2.38 bits per heavy atom. The zero-order chi connectivity index (χ0) is 9.10. The summed E-state index contributed by atoms with van der Waals surface area (Å²) in [5.74, 6) is 0. The summed E-state index contributed by atoms with van der Waals surface area (Å²) < 4.78 is 0. The summed E-state index contributed by atoms with van der Waals surface area (Å²) in [6.07, 6.45) is 1.84. The van der Waals surface area contributed by atoms with Gasteiger partial charge in [-0.2, -0.15) is 0 Å². The number of aryl methyl sites for hydroxylation is 1. The molecule has 1 atom stereocenters. The van der Waals surface area contributed by atoms with Gasteiger partial charge in [0.2, 0.25) is 0 Å². The molecule has 70 valence electrons. The molecule has 1 aliphatic rings. The molecule has 1 fully saturated rings. The Bertz CT molecular complexity index is 279. The average Bonchev–Trinajstić information content (AvgIpc) is 2.20. The first-order chi connectivity index (χ1) is 6.38. The van der Waals surface area contributed by atoms with Crippen LogP contribution < -0.4 is 10.6 Å². The van der Waals surface area contributed by atoms with Crippen molar-refractivity contribution in [2.45, 2.75) is 13.0 Å². The SMILES string of the molecule is Cc1ncccc1[C@H]1CNCCN1. The number of rotatable bonds is 1. The van der Waals surface area contributed by atoms with Crippen LogP contribution in [0.3, 0.4) is 0 Å². The van der Waals surface area contributed by atoms with Gasteiger partial charge in [-0.15, -0.1) is 0 Å². The minimum atomic E-state index is 0.433. The van der Waals surface area contributed by atoms with Crippen molar-refractivity contribution in [3.05, 3.63) is 29.6 Å². The number of nitrogens with zero attached hydrogens (tertiary/aromatic N) is 1. The Hall–Kier alpha value is -0.930. The quantitative estimate of drug-likeness (QED) is 0.660. The number of aromatic nitrogens is 1. The van der Waals surface area contributed by atoms with Gasteiger partial charge in [0.1, 0.15) is 0 Å². The van der Waals surface area contributed by atoms with E-state index in [1.807, 2.05) is 12.3 Å². The lowest BCUT2D eigenvalue weighted by atomic mass is 10.0.